The van der Waals surface area contributed by atoms with Crippen molar-refractivity contribution in [3.8, 4) is 0 Å². The summed E-state index contributed by atoms with van der Waals surface area (Å²) in [7, 11) is 0. The van der Waals surface area contributed by atoms with E-state index in [0.29, 0.717) is 37.4 Å². The number of pyridine rings is 1. The molecule has 2 amide bonds. The van der Waals surface area contributed by atoms with Crippen molar-refractivity contribution in [1.29, 1.82) is 0 Å². The van der Waals surface area contributed by atoms with Crippen LogP contribution in [0.2, 0.25) is 0 Å². The third kappa shape index (κ3) is 6.39. The van der Waals surface area contributed by atoms with Gasteiger partial charge in [0, 0.05) is 56.0 Å². The molecule has 1 aromatic heterocycles. The number of amides is 2. The van der Waals surface area contributed by atoms with Crippen molar-refractivity contribution < 1.29 is 14.3 Å². The Bertz CT molecular complexity index is 928. The van der Waals surface area contributed by atoms with Crippen LogP contribution in [0.25, 0.3) is 0 Å². The highest BCUT2D eigenvalue weighted by Gasteiger charge is 2.23. The molecule has 1 saturated heterocycles. The van der Waals surface area contributed by atoms with Crippen LogP contribution in [0.4, 0.5) is 5.69 Å². The van der Waals surface area contributed by atoms with Crippen molar-refractivity contribution in [2.75, 3.05) is 31.2 Å². The number of nitrogens with zero attached hydrogens (tertiary/aromatic N) is 2. The van der Waals surface area contributed by atoms with Gasteiger partial charge >= 0.3 is 0 Å². The molecule has 1 fully saturated rings. The highest BCUT2D eigenvalue weighted by molar-refractivity contribution is 6.06. The van der Waals surface area contributed by atoms with Crippen LogP contribution in [0.3, 0.4) is 0 Å². The molecule has 7 heteroatoms. The number of carbonyl (C=O) groups is 2. The predicted molar refractivity (Wildman–Crippen MR) is 128 cm³/mol. The number of hydrogen-bond donors (Lipinski definition) is 2. The van der Waals surface area contributed by atoms with Crippen molar-refractivity contribution in [3.05, 3.63) is 59.4 Å². The normalized spacial score (nSPS) is 18.5. The van der Waals surface area contributed by atoms with E-state index in [2.05, 4.69) is 15.6 Å². The summed E-state index contributed by atoms with van der Waals surface area (Å²) in [6, 6.07) is 9.44. The Balaban J connectivity index is 1.61. The molecule has 0 atom stereocenters. The summed E-state index contributed by atoms with van der Waals surface area (Å²) in [5.74, 6) is -0.123. The fourth-order valence-electron chi connectivity index (χ4n) is 4.49. The van der Waals surface area contributed by atoms with Crippen LogP contribution in [0.1, 0.15) is 71.2 Å². The number of benzene rings is 1. The maximum absolute atomic E-state index is 13.4. The highest BCUT2D eigenvalue weighted by atomic mass is 16.5. The monoisotopic (exact) mass is 450 g/mol. The Kier molecular flexibility index (Phi) is 8.44. The van der Waals surface area contributed by atoms with Crippen LogP contribution in [-0.4, -0.2) is 49.1 Å². The summed E-state index contributed by atoms with van der Waals surface area (Å²) in [4.78, 5) is 32.4. The number of aromatic nitrogens is 1. The zero-order chi connectivity index (χ0) is 22.9. The fraction of sp³-hybridized carbons (Fsp3) is 0.500. The second-order valence-corrected chi connectivity index (χ2v) is 8.85. The van der Waals surface area contributed by atoms with Gasteiger partial charge in [0.15, 0.2) is 0 Å². The van der Waals surface area contributed by atoms with Crippen LogP contribution >= 0.6 is 0 Å². The third-order valence-corrected chi connectivity index (χ3v) is 6.39. The van der Waals surface area contributed by atoms with Crippen molar-refractivity contribution in [1.82, 2.24) is 15.6 Å². The van der Waals surface area contributed by atoms with E-state index in [1.807, 2.05) is 23.1 Å². The molecule has 0 radical (unpaired) electrons. The van der Waals surface area contributed by atoms with Gasteiger partial charge < -0.3 is 20.3 Å². The first-order valence-electron chi connectivity index (χ1n) is 12.2. The molecule has 2 aliphatic rings. The first-order chi connectivity index (χ1) is 16.2. The van der Waals surface area contributed by atoms with Crippen LogP contribution < -0.4 is 15.5 Å². The summed E-state index contributed by atoms with van der Waals surface area (Å²) in [6.07, 6.45) is 10.5. The quantitative estimate of drug-likeness (QED) is 0.745. The van der Waals surface area contributed by atoms with Gasteiger partial charge in [0.1, 0.15) is 0 Å². The lowest BCUT2D eigenvalue weighted by atomic mass is 10.0. The number of rotatable bonds is 3. The summed E-state index contributed by atoms with van der Waals surface area (Å²) in [6.45, 7) is 3.56. The highest BCUT2D eigenvalue weighted by Crippen LogP contribution is 2.26. The van der Waals surface area contributed by atoms with Gasteiger partial charge in [0.25, 0.3) is 11.8 Å². The minimum absolute atomic E-state index is 0.0548. The van der Waals surface area contributed by atoms with E-state index in [0.717, 1.165) is 49.9 Å². The molecular formula is C26H34N4O3. The summed E-state index contributed by atoms with van der Waals surface area (Å²) in [5.41, 5.74) is 3.03. The van der Waals surface area contributed by atoms with E-state index in [9.17, 15) is 9.59 Å². The van der Waals surface area contributed by atoms with Crippen molar-refractivity contribution in [2.24, 2.45) is 0 Å². The van der Waals surface area contributed by atoms with E-state index in [4.69, 9.17) is 4.74 Å². The maximum Gasteiger partial charge on any atom is 0.259 e. The molecule has 1 aromatic carbocycles. The Morgan fingerprint density at radius 3 is 2.67 bits per heavy atom. The van der Waals surface area contributed by atoms with Gasteiger partial charge in [-0.15, -0.1) is 0 Å². The molecule has 0 bridgehead atoms. The molecule has 0 saturated carbocycles. The molecule has 3 heterocycles. The first kappa shape index (κ1) is 23.4. The lowest BCUT2D eigenvalue weighted by molar-refractivity contribution is 0.0696. The number of carbonyl (C=O) groups excluding carboxylic acids is 2. The molecule has 2 aromatic rings. The van der Waals surface area contributed by atoms with Crippen molar-refractivity contribution >= 4 is 17.5 Å². The SMILES string of the molecule is O=C(NC1CCOCC1)c1ccc2c(c1)CNCCCCCCCN2C(=O)c1cccnc1. The van der Waals surface area contributed by atoms with E-state index < -0.39 is 0 Å². The maximum atomic E-state index is 13.4. The Morgan fingerprint density at radius 1 is 1.03 bits per heavy atom. The second kappa shape index (κ2) is 11.9. The first-order valence-corrected chi connectivity index (χ1v) is 12.2. The molecular weight excluding hydrogens is 416 g/mol. The van der Waals surface area contributed by atoms with E-state index in [1.165, 1.54) is 12.8 Å². The number of fused-ring (bicyclic) bond motifs is 1. The Morgan fingerprint density at radius 2 is 1.85 bits per heavy atom. The van der Waals surface area contributed by atoms with Crippen LogP contribution in [0.15, 0.2) is 42.7 Å². The van der Waals surface area contributed by atoms with Crippen molar-refractivity contribution in [2.45, 2.75) is 57.5 Å². The lowest BCUT2D eigenvalue weighted by Crippen LogP contribution is -2.39. The van der Waals surface area contributed by atoms with E-state index in [-0.39, 0.29) is 17.9 Å². The molecule has 0 aliphatic carbocycles. The smallest absolute Gasteiger partial charge is 0.259 e. The molecule has 2 aliphatic heterocycles. The molecule has 7 nitrogen and oxygen atoms in total. The molecule has 33 heavy (non-hydrogen) atoms. The molecule has 0 spiro atoms. The largest absolute Gasteiger partial charge is 0.381 e. The summed E-state index contributed by atoms with van der Waals surface area (Å²) >= 11 is 0. The number of hydrogen-bond acceptors (Lipinski definition) is 5. The predicted octanol–water partition coefficient (Wildman–Crippen LogP) is 3.69. The van der Waals surface area contributed by atoms with Gasteiger partial charge in [-0.1, -0.05) is 19.3 Å². The van der Waals surface area contributed by atoms with Gasteiger partial charge in [0.2, 0.25) is 0 Å². The zero-order valence-corrected chi connectivity index (χ0v) is 19.2. The fourth-order valence-corrected chi connectivity index (χ4v) is 4.49. The van der Waals surface area contributed by atoms with Crippen LogP contribution in [0.5, 0.6) is 0 Å². The van der Waals surface area contributed by atoms with Crippen LogP contribution in [-0.2, 0) is 11.3 Å². The number of nitrogens with one attached hydrogen (secondary N) is 2. The average molecular weight is 451 g/mol. The molecule has 0 unspecified atom stereocenters. The Hall–Kier alpha value is -2.77. The standard InChI is InChI=1S/C26H34N4O3/c31-25(29-23-10-15-33-16-11-23)20-8-9-24-22(17-20)19-27-12-4-2-1-3-5-14-30(24)26(32)21-7-6-13-28-18-21/h6-9,13,17-18,23,27H,1-5,10-12,14-16,19H2,(H,29,31). The number of ether oxygens (including phenoxy) is 1. The number of anilines is 1. The second-order valence-electron chi connectivity index (χ2n) is 8.85. The molecule has 4 rings (SSSR count). The van der Waals surface area contributed by atoms with Gasteiger partial charge in [-0.2, -0.15) is 0 Å². The van der Waals surface area contributed by atoms with Gasteiger partial charge in [0.05, 0.1) is 5.56 Å². The average Bonchev–Trinajstić information content (AvgIpc) is 2.85. The van der Waals surface area contributed by atoms with Crippen molar-refractivity contribution in [3.63, 3.8) is 0 Å². The Labute approximate surface area is 195 Å². The third-order valence-electron chi connectivity index (χ3n) is 6.39. The van der Waals surface area contributed by atoms with E-state index in [1.54, 1.807) is 24.5 Å². The summed E-state index contributed by atoms with van der Waals surface area (Å²) < 4.78 is 5.40. The minimum Gasteiger partial charge on any atom is -0.381 e. The van der Waals surface area contributed by atoms with Crippen LogP contribution in [0, 0.1) is 0 Å². The summed E-state index contributed by atoms with van der Waals surface area (Å²) in [5, 5.41) is 6.65. The topological polar surface area (TPSA) is 83.6 Å². The molecule has 176 valence electrons. The van der Waals surface area contributed by atoms with Gasteiger partial charge in [-0.05, 0) is 68.1 Å². The lowest BCUT2D eigenvalue weighted by Gasteiger charge is -2.27. The van der Waals surface area contributed by atoms with E-state index >= 15 is 0 Å². The molecule has 2 N–H and O–H groups in total. The van der Waals surface area contributed by atoms with Gasteiger partial charge in [-0.3, -0.25) is 14.6 Å². The minimum atomic E-state index is -0.0686. The zero-order valence-electron chi connectivity index (χ0n) is 19.2. The van der Waals surface area contributed by atoms with Gasteiger partial charge in [-0.25, -0.2) is 0 Å².